The van der Waals surface area contributed by atoms with E-state index >= 15 is 0 Å². The Labute approximate surface area is 118 Å². The first-order valence-electron chi connectivity index (χ1n) is 6.34. The lowest BCUT2D eigenvalue weighted by molar-refractivity contribution is 0.199. The van der Waals surface area contributed by atoms with E-state index < -0.39 is 6.10 Å². The quantitative estimate of drug-likeness (QED) is 0.873. The van der Waals surface area contributed by atoms with Crippen LogP contribution in [0.15, 0.2) is 42.5 Å². The highest BCUT2D eigenvalue weighted by atomic mass is 35.5. The molecule has 0 aliphatic heterocycles. The molecule has 0 aliphatic carbocycles. The van der Waals surface area contributed by atoms with Crippen LogP contribution < -0.4 is 4.74 Å². The molecule has 0 aromatic heterocycles. The third kappa shape index (κ3) is 3.49. The number of halogens is 1. The van der Waals surface area contributed by atoms with Crippen molar-refractivity contribution in [2.75, 3.05) is 0 Å². The average Bonchev–Trinajstić information content (AvgIpc) is 2.41. The van der Waals surface area contributed by atoms with Crippen LogP contribution in [0.1, 0.15) is 31.1 Å². The standard InChI is InChI=1S/C16H17ClO2/c1-3-12-10-15(8-9-16(12)17)19-14-6-4-13(5-7-14)11(2)18/h4-11,18H,3H2,1-2H3. The van der Waals surface area contributed by atoms with Crippen molar-refractivity contribution in [3.05, 3.63) is 58.6 Å². The van der Waals surface area contributed by atoms with Gasteiger partial charge in [-0.3, -0.25) is 0 Å². The molecule has 2 rings (SSSR count). The topological polar surface area (TPSA) is 29.5 Å². The summed E-state index contributed by atoms with van der Waals surface area (Å²) in [5, 5.41) is 10.2. The van der Waals surface area contributed by atoms with Crippen LogP contribution >= 0.6 is 11.6 Å². The number of aryl methyl sites for hydroxylation is 1. The molecule has 0 bridgehead atoms. The van der Waals surface area contributed by atoms with Gasteiger partial charge in [0.15, 0.2) is 0 Å². The van der Waals surface area contributed by atoms with Gasteiger partial charge in [0.05, 0.1) is 6.10 Å². The number of aliphatic hydroxyl groups excluding tert-OH is 1. The van der Waals surface area contributed by atoms with Crippen molar-refractivity contribution in [2.45, 2.75) is 26.4 Å². The second kappa shape index (κ2) is 6.09. The summed E-state index contributed by atoms with van der Waals surface area (Å²) in [6.07, 6.45) is 0.410. The number of aliphatic hydroxyl groups is 1. The van der Waals surface area contributed by atoms with E-state index in [-0.39, 0.29) is 0 Å². The Hall–Kier alpha value is -1.51. The molecule has 2 nitrogen and oxygen atoms in total. The Bertz CT molecular complexity index is 547. The molecule has 2 aromatic carbocycles. The number of ether oxygens (including phenoxy) is 1. The van der Waals surface area contributed by atoms with Crippen molar-refractivity contribution in [3.8, 4) is 11.5 Å². The fourth-order valence-corrected chi connectivity index (χ4v) is 2.09. The first-order chi connectivity index (χ1) is 9.10. The van der Waals surface area contributed by atoms with Gasteiger partial charge < -0.3 is 9.84 Å². The Balaban J connectivity index is 2.16. The van der Waals surface area contributed by atoms with Gasteiger partial charge in [0.25, 0.3) is 0 Å². The van der Waals surface area contributed by atoms with Crippen molar-refractivity contribution in [3.63, 3.8) is 0 Å². The zero-order valence-corrected chi connectivity index (χ0v) is 11.8. The first-order valence-corrected chi connectivity index (χ1v) is 6.72. The summed E-state index contributed by atoms with van der Waals surface area (Å²) in [4.78, 5) is 0. The summed E-state index contributed by atoms with van der Waals surface area (Å²) in [5.41, 5.74) is 1.94. The van der Waals surface area contributed by atoms with Gasteiger partial charge in [0.1, 0.15) is 11.5 Å². The molecule has 0 amide bonds. The van der Waals surface area contributed by atoms with Crippen LogP contribution in [0.5, 0.6) is 11.5 Å². The Kier molecular flexibility index (Phi) is 4.46. The molecule has 0 aliphatic rings. The number of hydrogen-bond acceptors (Lipinski definition) is 2. The third-order valence-electron chi connectivity index (χ3n) is 3.00. The largest absolute Gasteiger partial charge is 0.457 e. The summed E-state index contributed by atoms with van der Waals surface area (Å²) in [7, 11) is 0. The van der Waals surface area contributed by atoms with E-state index in [9.17, 15) is 5.11 Å². The maximum absolute atomic E-state index is 9.45. The molecule has 0 radical (unpaired) electrons. The van der Waals surface area contributed by atoms with Crippen LogP contribution in [0.25, 0.3) is 0 Å². The van der Waals surface area contributed by atoms with Gasteiger partial charge in [-0.15, -0.1) is 0 Å². The minimum absolute atomic E-state index is 0.462. The van der Waals surface area contributed by atoms with Crippen LogP contribution in [0.2, 0.25) is 5.02 Å². The molecule has 0 saturated carbocycles. The smallest absolute Gasteiger partial charge is 0.127 e. The molecule has 1 N–H and O–H groups in total. The van der Waals surface area contributed by atoms with Crippen LogP contribution in [0.3, 0.4) is 0 Å². The van der Waals surface area contributed by atoms with E-state index in [2.05, 4.69) is 6.92 Å². The lowest BCUT2D eigenvalue weighted by Gasteiger charge is -2.10. The molecule has 1 unspecified atom stereocenters. The van der Waals surface area contributed by atoms with Gasteiger partial charge in [-0.25, -0.2) is 0 Å². The number of benzene rings is 2. The zero-order valence-electron chi connectivity index (χ0n) is 11.1. The normalized spacial score (nSPS) is 12.2. The van der Waals surface area contributed by atoms with Crippen LogP contribution in [-0.2, 0) is 6.42 Å². The zero-order chi connectivity index (χ0) is 13.8. The van der Waals surface area contributed by atoms with E-state index in [1.165, 1.54) is 0 Å². The summed E-state index contributed by atoms with van der Waals surface area (Å²) in [6, 6.07) is 13.1. The van der Waals surface area contributed by atoms with Gasteiger partial charge in [-0.05, 0) is 54.8 Å². The van der Waals surface area contributed by atoms with Gasteiger partial charge in [0, 0.05) is 5.02 Å². The van der Waals surface area contributed by atoms with Gasteiger partial charge in [-0.1, -0.05) is 30.7 Å². The summed E-state index contributed by atoms with van der Waals surface area (Å²) in [5.74, 6) is 1.51. The third-order valence-corrected chi connectivity index (χ3v) is 3.37. The molecule has 0 heterocycles. The van der Waals surface area contributed by atoms with Gasteiger partial charge in [-0.2, -0.15) is 0 Å². The van der Waals surface area contributed by atoms with Crippen molar-refractivity contribution in [2.24, 2.45) is 0 Å². The molecule has 3 heteroatoms. The molecule has 100 valence electrons. The van der Waals surface area contributed by atoms with Crippen molar-refractivity contribution in [1.82, 2.24) is 0 Å². The van der Waals surface area contributed by atoms with E-state index in [0.717, 1.165) is 34.1 Å². The molecular formula is C16H17ClO2. The Morgan fingerprint density at radius 1 is 1.11 bits per heavy atom. The second-order valence-corrected chi connectivity index (χ2v) is 4.86. The maximum Gasteiger partial charge on any atom is 0.127 e. The SMILES string of the molecule is CCc1cc(Oc2ccc(C(C)O)cc2)ccc1Cl. The highest BCUT2D eigenvalue weighted by molar-refractivity contribution is 6.31. The average molecular weight is 277 g/mol. The molecule has 0 fully saturated rings. The fourth-order valence-electron chi connectivity index (χ4n) is 1.84. The second-order valence-electron chi connectivity index (χ2n) is 4.45. The lowest BCUT2D eigenvalue weighted by Crippen LogP contribution is -1.91. The predicted octanol–water partition coefficient (Wildman–Crippen LogP) is 4.75. The first kappa shape index (κ1) is 13.9. The monoisotopic (exact) mass is 276 g/mol. The van der Waals surface area contributed by atoms with E-state index in [1.54, 1.807) is 6.92 Å². The van der Waals surface area contributed by atoms with Gasteiger partial charge >= 0.3 is 0 Å². The molecule has 0 saturated heterocycles. The Morgan fingerprint density at radius 3 is 2.32 bits per heavy atom. The summed E-state index contributed by atoms with van der Waals surface area (Å²) < 4.78 is 5.77. The van der Waals surface area contributed by atoms with E-state index in [4.69, 9.17) is 16.3 Å². The maximum atomic E-state index is 9.45. The fraction of sp³-hybridized carbons (Fsp3) is 0.250. The van der Waals surface area contributed by atoms with Crippen molar-refractivity contribution >= 4 is 11.6 Å². The van der Waals surface area contributed by atoms with Gasteiger partial charge in [0.2, 0.25) is 0 Å². The van der Waals surface area contributed by atoms with E-state index in [0.29, 0.717) is 0 Å². The summed E-state index contributed by atoms with van der Waals surface area (Å²) in [6.45, 7) is 3.80. The lowest BCUT2D eigenvalue weighted by atomic mass is 10.1. The van der Waals surface area contributed by atoms with Crippen molar-refractivity contribution in [1.29, 1.82) is 0 Å². The van der Waals surface area contributed by atoms with Crippen molar-refractivity contribution < 1.29 is 9.84 Å². The molecule has 2 aromatic rings. The minimum atomic E-state index is -0.462. The van der Waals surface area contributed by atoms with Crippen LogP contribution in [-0.4, -0.2) is 5.11 Å². The van der Waals surface area contributed by atoms with E-state index in [1.807, 2.05) is 42.5 Å². The number of hydrogen-bond donors (Lipinski definition) is 1. The molecule has 0 spiro atoms. The highest BCUT2D eigenvalue weighted by Crippen LogP contribution is 2.27. The molecular weight excluding hydrogens is 260 g/mol. The number of rotatable bonds is 4. The van der Waals surface area contributed by atoms with Crippen LogP contribution in [0.4, 0.5) is 0 Å². The minimum Gasteiger partial charge on any atom is -0.457 e. The Morgan fingerprint density at radius 2 is 1.74 bits per heavy atom. The molecule has 19 heavy (non-hydrogen) atoms. The summed E-state index contributed by atoms with van der Waals surface area (Å²) >= 11 is 6.07. The predicted molar refractivity (Wildman–Crippen MR) is 78.0 cm³/mol. The highest BCUT2D eigenvalue weighted by Gasteiger charge is 2.04. The molecule has 1 atom stereocenters. The van der Waals surface area contributed by atoms with Crippen LogP contribution in [0, 0.1) is 0 Å².